The molecule has 0 saturated carbocycles. The fourth-order valence-electron chi connectivity index (χ4n) is 7.80. The molecule has 0 aromatic heterocycles. The van der Waals surface area contributed by atoms with E-state index in [-0.39, 0.29) is 63.3 Å². The van der Waals surface area contributed by atoms with Crippen LogP contribution in [0.1, 0.15) is 125 Å². The topological polar surface area (TPSA) is 446 Å². The Morgan fingerprint density at radius 3 is 1.47 bits per heavy atom. The largest absolute Gasteiger partial charge is 0.481 e. The molecule has 0 unspecified atom stereocenters. The van der Waals surface area contributed by atoms with Crippen LogP contribution in [0.4, 0.5) is 0 Å². The Hall–Kier alpha value is -7.22. The Kier molecular flexibility index (Phi) is 30.3. The van der Waals surface area contributed by atoms with Crippen molar-refractivity contribution in [3.05, 3.63) is 35.9 Å². The van der Waals surface area contributed by atoms with E-state index in [2.05, 4.69) is 42.5 Å². The van der Waals surface area contributed by atoms with Gasteiger partial charge in [-0.15, -0.1) is 0 Å². The summed E-state index contributed by atoms with van der Waals surface area (Å²) < 4.78 is 0. The van der Waals surface area contributed by atoms with Crippen LogP contribution in [0.3, 0.4) is 0 Å². The van der Waals surface area contributed by atoms with E-state index in [0.717, 1.165) is 0 Å². The first-order chi connectivity index (χ1) is 36.0. The van der Waals surface area contributed by atoms with Gasteiger partial charge in [0.05, 0.1) is 18.9 Å². The van der Waals surface area contributed by atoms with Gasteiger partial charge in [-0.25, -0.2) is 4.79 Å². The summed E-state index contributed by atoms with van der Waals surface area (Å²) in [7, 11) is 0. The molecule has 0 bridgehead atoms. The molecule has 26 heteroatoms. The third-order valence-corrected chi connectivity index (χ3v) is 12.3. The van der Waals surface area contributed by atoms with E-state index in [1.54, 1.807) is 85.7 Å². The van der Waals surface area contributed by atoms with Crippen LogP contribution in [-0.4, -0.2) is 142 Å². The highest BCUT2D eigenvalue weighted by molar-refractivity contribution is 6.00. The third kappa shape index (κ3) is 25.9. The van der Waals surface area contributed by atoms with Crippen LogP contribution < -0.4 is 65.5 Å². The summed E-state index contributed by atoms with van der Waals surface area (Å²) in [6.45, 7) is 13.9. The molecular formula is C51H84N12O14. The minimum absolute atomic E-state index is 0.0827. The number of rotatable bonds is 37. The number of benzene rings is 1. The number of carboxylic acid groups (broad SMARTS) is 2. The highest BCUT2D eigenvalue weighted by atomic mass is 16.4. The van der Waals surface area contributed by atoms with Gasteiger partial charge in [-0.3, -0.25) is 52.7 Å². The summed E-state index contributed by atoms with van der Waals surface area (Å²) in [5.41, 5.74) is 22.9. The van der Waals surface area contributed by atoms with E-state index in [1.807, 2.05) is 0 Å². The predicted octanol–water partition coefficient (Wildman–Crippen LogP) is -1.94. The van der Waals surface area contributed by atoms with Crippen LogP contribution >= 0.6 is 0 Å². The summed E-state index contributed by atoms with van der Waals surface area (Å²) in [4.78, 5) is 158. The predicted molar refractivity (Wildman–Crippen MR) is 282 cm³/mol. The maximum Gasteiger partial charge on any atom is 0.326 e. The highest BCUT2D eigenvalue weighted by Gasteiger charge is 2.38. The monoisotopic (exact) mass is 1090 g/mol. The molecule has 0 aliphatic heterocycles. The van der Waals surface area contributed by atoms with Crippen molar-refractivity contribution in [2.45, 2.75) is 180 Å². The van der Waals surface area contributed by atoms with Crippen molar-refractivity contribution in [1.82, 2.24) is 42.5 Å². The molecule has 0 fully saturated rings. The normalized spacial score (nSPS) is 15.1. The first-order valence-electron chi connectivity index (χ1n) is 25.9. The van der Waals surface area contributed by atoms with E-state index in [1.165, 1.54) is 0 Å². The van der Waals surface area contributed by atoms with Crippen LogP contribution in [0.5, 0.6) is 0 Å². The van der Waals surface area contributed by atoms with Crippen molar-refractivity contribution >= 4 is 71.0 Å². The minimum atomic E-state index is -1.95. The molecule has 10 atom stereocenters. The molecule has 0 saturated heterocycles. The summed E-state index contributed by atoms with van der Waals surface area (Å²) in [5.74, 6) is -13.7. The molecule has 0 heterocycles. The number of carbonyl (C=O) groups is 12. The van der Waals surface area contributed by atoms with Gasteiger partial charge in [-0.2, -0.15) is 0 Å². The van der Waals surface area contributed by atoms with Gasteiger partial charge in [0.1, 0.15) is 48.3 Å². The first kappa shape index (κ1) is 67.8. The zero-order chi connectivity index (χ0) is 58.7. The van der Waals surface area contributed by atoms with Gasteiger partial charge >= 0.3 is 11.9 Å². The average molecular weight is 1090 g/mol. The molecule has 1 rings (SSSR count). The second-order valence-corrected chi connectivity index (χ2v) is 20.4. The zero-order valence-corrected chi connectivity index (χ0v) is 45.5. The van der Waals surface area contributed by atoms with Crippen LogP contribution in [0.25, 0.3) is 0 Å². The number of carboxylic acids is 2. The van der Waals surface area contributed by atoms with Crippen LogP contribution in [0.2, 0.25) is 0 Å². The van der Waals surface area contributed by atoms with E-state index in [9.17, 15) is 67.7 Å². The highest BCUT2D eigenvalue weighted by Crippen LogP contribution is 2.15. The Morgan fingerprint density at radius 2 is 0.961 bits per heavy atom. The molecule has 0 aliphatic rings. The molecule has 0 spiro atoms. The van der Waals surface area contributed by atoms with Gasteiger partial charge in [-0.05, 0) is 74.3 Å². The standard InChI is InChI=1S/C51H84N12O14/c1-9-29(8)42(50(75)60-33(21-26(2)3)45(70)61-37(51(76)77)22-27(4)5)63-49(74)41(28(6)7)62-48(73)35(24-39(55)65)58-47(72)36(25-40(66)67)59-44(69)32(17-13-14-20-52)56-46(71)34(23-30-15-11-10-12-16-30)57-43(68)31(53)18-19-38(54)64/h10-12,15-16,26-29,31-37,41-42H,9,13-14,17-25,52-53H2,1-8H3,(H2,54,64)(H2,55,65)(H,56,71)(H,57,68)(H,58,72)(H,59,69)(H,60,75)(H,61,70)(H,62,73)(H,63,74)(H,66,67)(H,76,77)/t29-,31-,32-,33-,34-,35-,36-,37-,41-,42-/m0/s1. The molecule has 18 N–H and O–H groups in total. The molecule has 432 valence electrons. The number of carbonyl (C=O) groups excluding carboxylic acids is 10. The lowest BCUT2D eigenvalue weighted by atomic mass is 9.95. The number of aliphatic carboxylic acids is 2. The zero-order valence-electron chi connectivity index (χ0n) is 45.5. The number of primary amides is 2. The fourth-order valence-corrected chi connectivity index (χ4v) is 7.80. The van der Waals surface area contributed by atoms with Gasteiger partial charge in [0, 0.05) is 12.8 Å². The molecular weight excluding hydrogens is 1000 g/mol. The SMILES string of the molecule is CC[C@H](C)[C@H](NC(=O)[C@@H](NC(=O)[C@H](CC(N)=O)NC(=O)[C@H](CC(=O)O)NC(=O)[C@H](CCCCN)NC(=O)[C@H](Cc1ccccc1)NC(=O)[C@@H](N)CCC(N)=O)C(C)C)C(=O)N[C@@H](CC(C)C)C(=O)N[C@@H](CC(C)C)C(=O)O. The Morgan fingerprint density at radius 1 is 0.506 bits per heavy atom. The number of nitrogens with two attached hydrogens (primary N) is 4. The molecule has 26 nitrogen and oxygen atoms in total. The Balaban J connectivity index is 3.49. The van der Waals surface area contributed by atoms with Crippen molar-refractivity contribution in [3.8, 4) is 0 Å². The molecule has 1 aromatic carbocycles. The second-order valence-electron chi connectivity index (χ2n) is 20.4. The van der Waals surface area contributed by atoms with E-state index < -0.39 is 150 Å². The van der Waals surface area contributed by atoms with Gasteiger partial charge in [-0.1, -0.05) is 92.1 Å². The van der Waals surface area contributed by atoms with Gasteiger partial charge in [0.25, 0.3) is 0 Å². The smallest absolute Gasteiger partial charge is 0.326 e. The number of amides is 10. The van der Waals surface area contributed by atoms with Crippen molar-refractivity contribution in [2.75, 3.05) is 6.54 Å². The summed E-state index contributed by atoms with van der Waals surface area (Å²) >= 11 is 0. The van der Waals surface area contributed by atoms with E-state index in [0.29, 0.717) is 18.4 Å². The number of hydrogen-bond acceptors (Lipinski definition) is 14. The quantitative estimate of drug-likeness (QED) is 0.0322. The summed E-state index contributed by atoms with van der Waals surface area (Å²) in [6, 6.07) is -4.58. The molecule has 10 amide bonds. The Labute approximate surface area is 449 Å². The number of nitrogens with one attached hydrogen (secondary N) is 8. The third-order valence-electron chi connectivity index (χ3n) is 12.3. The summed E-state index contributed by atoms with van der Waals surface area (Å²) in [5, 5.41) is 39.5. The maximum atomic E-state index is 14.1. The van der Waals surface area contributed by atoms with Crippen molar-refractivity contribution in [1.29, 1.82) is 0 Å². The average Bonchev–Trinajstić information content (AvgIpc) is 3.34. The van der Waals surface area contributed by atoms with Crippen molar-refractivity contribution in [3.63, 3.8) is 0 Å². The molecule has 77 heavy (non-hydrogen) atoms. The van der Waals surface area contributed by atoms with Crippen molar-refractivity contribution in [2.24, 2.45) is 46.6 Å². The first-order valence-corrected chi connectivity index (χ1v) is 25.9. The minimum Gasteiger partial charge on any atom is -0.481 e. The summed E-state index contributed by atoms with van der Waals surface area (Å²) in [6.07, 6.45) is -1.28. The second kappa shape index (κ2) is 34.4. The van der Waals surface area contributed by atoms with E-state index in [4.69, 9.17) is 22.9 Å². The lowest BCUT2D eigenvalue weighted by molar-refractivity contribution is -0.143. The number of hydrogen-bond donors (Lipinski definition) is 14. The van der Waals surface area contributed by atoms with Crippen LogP contribution in [-0.2, 0) is 64.0 Å². The molecule has 0 aliphatic carbocycles. The maximum absolute atomic E-state index is 14.1. The lowest BCUT2D eigenvalue weighted by Crippen LogP contribution is -2.62. The van der Waals surface area contributed by atoms with Gasteiger partial charge in [0.2, 0.25) is 59.1 Å². The molecule has 0 radical (unpaired) electrons. The van der Waals surface area contributed by atoms with Crippen LogP contribution in [0, 0.1) is 23.7 Å². The van der Waals surface area contributed by atoms with E-state index >= 15 is 0 Å². The van der Waals surface area contributed by atoms with Crippen molar-refractivity contribution < 1.29 is 67.7 Å². The fraction of sp³-hybridized carbons (Fsp3) is 0.647. The van der Waals surface area contributed by atoms with Gasteiger partial charge < -0.3 is 75.7 Å². The number of unbranched alkanes of at least 4 members (excludes halogenated alkanes) is 1. The lowest BCUT2D eigenvalue weighted by Gasteiger charge is -2.31. The van der Waals surface area contributed by atoms with Crippen LogP contribution in [0.15, 0.2) is 30.3 Å². The Bertz CT molecular complexity index is 2180. The molecule has 1 aromatic rings. The van der Waals surface area contributed by atoms with Gasteiger partial charge in [0.15, 0.2) is 0 Å².